The van der Waals surface area contributed by atoms with Crippen LogP contribution >= 0.6 is 0 Å². The molecule has 190 valence electrons. The number of hydrogen-bond donors (Lipinski definition) is 0. The molecule has 3 aliphatic heterocycles. The van der Waals surface area contributed by atoms with Crippen LogP contribution in [0.5, 0.6) is 0 Å². The second kappa shape index (κ2) is 11.5. The van der Waals surface area contributed by atoms with Crippen LogP contribution < -0.4 is 0 Å². The minimum absolute atomic E-state index is 0.178. The number of likely N-dealkylation sites (tertiary alicyclic amines) is 2. The monoisotopic (exact) mass is 462 g/mol. The Hall–Kier alpha value is -0.490. The SMILES string of the molecule is CCCCN1CCC2(CCC(=O)CC2)C1.CCCCN1CCC2(CCC3(CC2)OCCO3)C1. The molecule has 33 heavy (non-hydrogen) atoms. The van der Waals surface area contributed by atoms with Gasteiger partial charge in [-0.15, -0.1) is 0 Å². The van der Waals surface area contributed by atoms with Gasteiger partial charge in [0.05, 0.1) is 13.2 Å². The summed E-state index contributed by atoms with van der Waals surface area (Å²) in [5.41, 5.74) is 1.12. The fourth-order valence-electron chi connectivity index (χ4n) is 7.02. The molecular formula is C28H50N2O3. The molecule has 0 aromatic carbocycles. The van der Waals surface area contributed by atoms with Crippen LogP contribution in [0, 0.1) is 10.8 Å². The van der Waals surface area contributed by atoms with Crippen molar-refractivity contribution in [1.29, 1.82) is 0 Å². The third-order valence-electron chi connectivity index (χ3n) is 9.44. The molecule has 3 saturated heterocycles. The van der Waals surface area contributed by atoms with Crippen molar-refractivity contribution < 1.29 is 14.3 Å². The fourth-order valence-corrected chi connectivity index (χ4v) is 7.02. The quantitative estimate of drug-likeness (QED) is 0.527. The number of rotatable bonds is 6. The highest BCUT2D eigenvalue weighted by atomic mass is 16.7. The number of unbranched alkanes of at least 4 members (excludes halogenated alkanes) is 2. The maximum absolute atomic E-state index is 11.2. The Kier molecular flexibility index (Phi) is 8.92. The zero-order valence-corrected chi connectivity index (χ0v) is 21.7. The molecule has 0 bridgehead atoms. The molecule has 5 heteroatoms. The van der Waals surface area contributed by atoms with E-state index in [2.05, 4.69) is 23.6 Å². The van der Waals surface area contributed by atoms with E-state index in [1.807, 2.05) is 0 Å². The highest BCUT2D eigenvalue weighted by Gasteiger charge is 2.48. The van der Waals surface area contributed by atoms with Gasteiger partial charge in [0.1, 0.15) is 5.78 Å². The zero-order chi connectivity index (χ0) is 23.2. The third-order valence-corrected chi connectivity index (χ3v) is 9.44. The molecule has 5 rings (SSSR count). The fraction of sp³-hybridized carbons (Fsp3) is 0.964. The summed E-state index contributed by atoms with van der Waals surface area (Å²) >= 11 is 0. The maximum atomic E-state index is 11.2. The first-order chi connectivity index (χ1) is 16.0. The lowest BCUT2D eigenvalue weighted by Gasteiger charge is -2.41. The van der Waals surface area contributed by atoms with Gasteiger partial charge in [0, 0.05) is 38.8 Å². The van der Waals surface area contributed by atoms with Gasteiger partial charge in [-0.1, -0.05) is 26.7 Å². The van der Waals surface area contributed by atoms with E-state index in [0.717, 1.165) is 51.7 Å². The third kappa shape index (κ3) is 6.59. The largest absolute Gasteiger partial charge is 0.348 e. The summed E-state index contributed by atoms with van der Waals surface area (Å²) in [4.78, 5) is 16.5. The van der Waals surface area contributed by atoms with Crippen molar-refractivity contribution in [2.24, 2.45) is 10.8 Å². The molecule has 2 saturated carbocycles. The van der Waals surface area contributed by atoms with Crippen molar-refractivity contribution >= 4 is 5.78 Å². The van der Waals surface area contributed by atoms with E-state index in [0.29, 0.717) is 16.6 Å². The molecule has 2 aliphatic carbocycles. The van der Waals surface area contributed by atoms with Gasteiger partial charge in [0.2, 0.25) is 0 Å². The van der Waals surface area contributed by atoms with E-state index in [-0.39, 0.29) is 5.79 Å². The number of carbonyl (C=O) groups is 1. The number of Topliss-reactive ketones (excluding diaryl/α,β-unsaturated/α-hetero) is 1. The molecule has 0 amide bonds. The van der Waals surface area contributed by atoms with E-state index in [1.54, 1.807) is 0 Å². The number of carbonyl (C=O) groups excluding carboxylic acids is 1. The molecule has 5 aliphatic rings. The molecule has 0 aromatic rings. The lowest BCUT2D eigenvalue weighted by atomic mass is 9.71. The van der Waals surface area contributed by atoms with E-state index >= 15 is 0 Å². The molecule has 3 spiro atoms. The first-order valence-corrected chi connectivity index (χ1v) is 14.2. The van der Waals surface area contributed by atoms with Crippen LogP contribution in [-0.4, -0.2) is 73.9 Å². The number of ketones is 1. The van der Waals surface area contributed by atoms with Crippen LogP contribution in [-0.2, 0) is 14.3 Å². The van der Waals surface area contributed by atoms with Gasteiger partial charge in [-0.05, 0) is 88.4 Å². The van der Waals surface area contributed by atoms with Crippen LogP contribution in [0.15, 0.2) is 0 Å². The number of ether oxygens (including phenoxy) is 2. The van der Waals surface area contributed by atoms with Crippen molar-refractivity contribution in [2.45, 2.75) is 110 Å². The molecule has 0 atom stereocenters. The average Bonchev–Trinajstić information content (AvgIpc) is 3.56. The predicted molar refractivity (Wildman–Crippen MR) is 133 cm³/mol. The predicted octanol–water partition coefficient (Wildman–Crippen LogP) is 5.42. The zero-order valence-electron chi connectivity index (χ0n) is 21.7. The molecule has 5 nitrogen and oxygen atoms in total. The van der Waals surface area contributed by atoms with Gasteiger partial charge in [0.15, 0.2) is 5.79 Å². The average molecular weight is 463 g/mol. The van der Waals surface area contributed by atoms with Crippen LogP contribution in [0.3, 0.4) is 0 Å². The summed E-state index contributed by atoms with van der Waals surface area (Å²) in [6, 6.07) is 0. The van der Waals surface area contributed by atoms with Gasteiger partial charge in [-0.25, -0.2) is 0 Å². The van der Waals surface area contributed by atoms with Gasteiger partial charge in [0.25, 0.3) is 0 Å². The summed E-state index contributed by atoms with van der Waals surface area (Å²) in [6.45, 7) is 13.9. The van der Waals surface area contributed by atoms with Crippen LogP contribution in [0.25, 0.3) is 0 Å². The molecule has 0 unspecified atom stereocenters. The van der Waals surface area contributed by atoms with Gasteiger partial charge in [-0.3, -0.25) is 4.79 Å². The lowest BCUT2D eigenvalue weighted by molar-refractivity contribution is -0.190. The second-order valence-corrected chi connectivity index (χ2v) is 11.9. The Morgan fingerprint density at radius 2 is 1.18 bits per heavy atom. The maximum Gasteiger partial charge on any atom is 0.168 e. The molecule has 0 aromatic heterocycles. The topological polar surface area (TPSA) is 42.0 Å². The molecule has 0 N–H and O–H groups in total. The standard InChI is InChI=1S/C15H27NO2.C13H23NO/c1-2-3-9-16-10-8-14(13-16)4-6-15(7-5-14)17-11-12-18-15;1-2-3-9-14-10-8-13(11-14)6-4-12(15)5-7-13/h2-13H2,1H3;2-11H2,1H3. The van der Waals surface area contributed by atoms with E-state index in [9.17, 15) is 4.79 Å². The number of nitrogens with zero attached hydrogens (tertiary/aromatic N) is 2. The minimum Gasteiger partial charge on any atom is -0.348 e. The Labute approximate surface area is 202 Å². The Morgan fingerprint density at radius 1 is 0.697 bits per heavy atom. The summed E-state index contributed by atoms with van der Waals surface area (Å²) in [5, 5.41) is 0. The van der Waals surface area contributed by atoms with E-state index < -0.39 is 0 Å². The van der Waals surface area contributed by atoms with Crippen molar-refractivity contribution in [2.75, 3.05) is 52.5 Å². The van der Waals surface area contributed by atoms with E-state index in [1.165, 1.54) is 90.6 Å². The Morgan fingerprint density at radius 3 is 1.67 bits per heavy atom. The second-order valence-electron chi connectivity index (χ2n) is 11.9. The van der Waals surface area contributed by atoms with Crippen molar-refractivity contribution in [3.63, 3.8) is 0 Å². The van der Waals surface area contributed by atoms with Crippen LogP contribution in [0.4, 0.5) is 0 Å². The van der Waals surface area contributed by atoms with Crippen molar-refractivity contribution in [3.8, 4) is 0 Å². The normalized spacial score (nSPS) is 28.6. The highest BCUT2D eigenvalue weighted by Crippen LogP contribution is 2.49. The summed E-state index contributed by atoms with van der Waals surface area (Å²) in [6.07, 6.45) is 16.9. The highest BCUT2D eigenvalue weighted by molar-refractivity contribution is 5.79. The number of hydrogen-bond acceptors (Lipinski definition) is 5. The molecule has 0 radical (unpaired) electrons. The first kappa shape index (κ1) is 25.6. The first-order valence-electron chi connectivity index (χ1n) is 14.2. The smallest absolute Gasteiger partial charge is 0.168 e. The van der Waals surface area contributed by atoms with Crippen molar-refractivity contribution in [3.05, 3.63) is 0 Å². The summed E-state index contributed by atoms with van der Waals surface area (Å²) < 4.78 is 11.7. The molecular weight excluding hydrogens is 412 g/mol. The lowest BCUT2D eigenvalue weighted by Crippen LogP contribution is -2.41. The molecule has 3 heterocycles. The Bertz CT molecular complexity index is 611. The summed E-state index contributed by atoms with van der Waals surface area (Å²) in [5.74, 6) is 0.315. The molecule has 5 fully saturated rings. The van der Waals surface area contributed by atoms with Gasteiger partial charge < -0.3 is 19.3 Å². The van der Waals surface area contributed by atoms with Gasteiger partial charge in [-0.2, -0.15) is 0 Å². The Balaban J connectivity index is 0.000000160. The summed E-state index contributed by atoms with van der Waals surface area (Å²) in [7, 11) is 0. The van der Waals surface area contributed by atoms with Gasteiger partial charge >= 0.3 is 0 Å². The van der Waals surface area contributed by atoms with Crippen LogP contribution in [0.2, 0.25) is 0 Å². The minimum atomic E-state index is -0.178. The van der Waals surface area contributed by atoms with Crippen molar-refractivity contribution in [1.82, 2.24) is 9.80 Å². The van der Waals surface area contributed by atoms with E-state index in [4.69, 9.17) is 9.47 Å². The van der Waals surface area contributed by atoms with Crippen LogP contribution in [0.1, 0.15) is 104 Å².